The van der Waals surface area contributed by atoms with E-state index in [9.17, 15) is 0 Å². The number of hydrogen-bond acceptors (Lipinski definition) is 8. The van der Waals surface area contributed by atoms with Crippen LogP contribution in [0, 0.1) is 0 Å². The highest BCUT2D eigenvalue weighted by Gasteiger charge is 2.30. The number of likely N-dealkylation sites (N-methyl/N-ethyl adjacent to an activating group) is 1. The smallest absolute Gasteiger partial charge is 0.225 e. The normalized spacial score (nSPS) is 18.3. The summed E-state index contributed by atoms with van der Waals surface area (Å²) in [6.07, 6.45) is 3.52. The SMILES string of the molecule is COc1cc(N2CC(Nc3ncc4c(n3)N(C)C(c3ccccc3)CO4)C2)ccn1. The fraction of sp³-hybridized carbons (Fsp3) is 0.318. The number of ether oxygens (including phenoxy) is 2. The molecule has 1 saturated heterocycles. The van der Waals surface area contributed by atoms with Crippen LogP contribution in [0.4, 0.5) is 17.5 Å². The average molecular weight is 404 g/mol. The van der Waals surface area contributed by atoms with Crippen molar-refractivity contribution < 1.29 is 9.47 Å². The molecule has 30 heavy (non-hydrogen) atoms. The van der Waals surface area contributed by atoms with Crippen molar-refractivity contribution in [3.05, 3.63) is 60.4 Å². The fourth-order valence-corrected chi connectivity index (χ4v) is 3.88. The molecule has 4 heterocycles. The van der Waals surface area contributed by atoms with Gasteiger partial charge in [-0.1, -0.05) is 30.3 Å². The van der Waals surface area contributed by atoms with E-state index in [2.05, 4.69) is 44.3 Å². The number of nitrogens with one attached hydrogen (secondary N) is 1. The van der Waals surface area contributed by atoms with E-state index in [-0.39, 0.29) is 12.1 Å². The topological polar surface area (TPSA) is 75.6 Å². The molecule has 0 bridgehead atoms. The van der Waals surface area contributed by atoms with Crippen LogP contribution in [0.3, 0.4) is 0 Å². The third-order valence-electron chi connectivity index (χ3n) is 5.63. The van der Waals surface area contributed by atoms with Gasteiger partial charge in [-0.3, -0.25) is 0 Å². The summed E-state index contributed by atoms with van der Waals surface area (Å²) in [6.45, 7) is 2.32. The molecule has 5 rings (SSSR count). The first-order valence-electron chi connectivity index (χ1n) is 10.0. The first-order valence-corrected chi connectivity index (χ1v) is 10.0. The summed E-state index contributed by atoms with van der Waals surface area (Å²) >= 11 is 0. The van der Waals surface area contributed by atoms with E-state index in [4.69, 9.17) is 14.5 Å². The number of benzene rings is 1. The van der Waals surface area contributed by atoms with E-state index in [1.54, 1.807) is 19.5 Å². The number of anilines is 3. The van der Waals surface area contributed by atoms with Crippen molar-refractivity contribution in [3.63, 3.8) is 0 Å². The Morgan fingerprint density at radius 2 is 1.97 bits per heavy atom. The number of hydrogen-bond donors (Lipinski definition) is 1. The second-order valence-corrected chi connectivity index (χ2v) is 7.53. The molecule has 0 amide bonds. The van der Waals surface area contributed by atoms with Gasteiger partial charge in [-0.15, -0.1) is 0 Å². The Labute approximate surface area is 175 Å². The maximum Gasteiger partial charge on any atom is 0.225 e. The van der Waals surface area contributed by atoms with Crippen molar-refractivity contribution >= 4 is 17.5 Å². The minimum Gasteiger partial charge on any atom is -0.486 e. The number of nitrogens with zero attached hydrogens (tertiary/aromatic N) is 5. The molecule has 3 aromatic rings. The fourth-order valence-electron chi connectivity index (χ4n) is 3.88. The van der Waals surface area contributed by atoms with Gasteiger partial charge < -0.3 is 24.6 Å². The Kier molecular flexibility index (Phi) is 4.74. The van der Waals surface area contributed by atoms with Crippen LogP contribution < -0.4 is 24.6 Å². The highest BCUT2D eigenvalue weighted by Crippen LogP contribution is 2.37. The van der Waals surface area contributed by atoms with Crippen LogP contribution >= 0.6 is 0 Å². The zero-order valence-electron chi connectivity index (χ0n) is 17.0. The summed E-state index contributed by atoms with van der Waals surface area (Å²) in [5.41, 5.74) is 2.31. The van der Waals surface area contributed by atoms with Gasteiger partial charge in [0.05, 0.1) is 25.4 Å². The summed E-state index contributed by atoms with van der Waals surface area (Å²) in [5, 5.41) is 3.44. The van der Waals surface area contributed by atoms with Crippen LogP contribution in [0.1, 0.15) is 11.6 Å². The molecule has 8 heteroatoms. The molecular weight excluding hydrogens is 380 g/mol. The number of fused-ring (bicyclic) bond motifs is 1. The van der Waals surface area contributed by atoms with E-state index < -0.39 is 0 Å². The van der Waals surface area contributed by atoms with Crippen LogP contribution in [-0.2, 0) is 0 Å². The molecule has 1 atom stereocenters. The van der Waals surface area contributed by atoms with Crippen LogP contribution in [0.25, 0.3) is 0 Å². The Morgan fingerprint density at radius 1 is 1.13 bits per heavy atom. The molecule has 2 aromatic heterocycles. The van der Waals surface area contributed by atoms with E-state index in [1.165, 1.54) is 5.56 Å². The van der Waals surface area contributed by atoms with Crippen molar-refractivity contribution in [1.29, 1.82) is 0 Å². The molecule has 0 spiro atoms. The lowest BCUT2D eigenvalue weighted by Crippen LogP contribution is -2.55. The van der Waals surface area contributed by atoms with Gasteiger partial charge in [0.2, 0.25) is 11.8 Å². The summed E-state index contributed by atoms with van der Waals surface area (Å²) in [6, 6.07) is 14.7. The lowest BCUT2D eigenvalue weighted by molar-refractivity contribution is 0.265. The Bertz CT molecular complexity index is 1030. The quantitative estimate of drug-likeness (QED) is 0.696. The zero-order chi connectivity index (χ0) is 20.5. The monoisotopic (exact) mass is 404 g/mol. The summed E-state index contributed by atoms with van der Waals surface area (Å²) < 4.78 is 11.1. The summed E-state index contributed by atoms with van der Waals surface area (Å²) in [5.74, 6) is 2.77. The molecule has 1 aromatic carbocycles. The van der Waals surface area contributed by atoms with Crippen LogP contribution in [0.2, 0.25) is 0 Å². The molecule has 0 aliphatic carbocycles. The number of rotatable bonds is 5. The lowest BCUT2D eigenvalue weighted by atomic mass is 10.1. The standard InChI is InChI=1S/C22H24N6O2/c1-27-18(15-6-4-3-5-7-15)14-30-19-11-24-22(26-21(19)27)25-16-12-28(13-16)17-8-9-23-20(10-17)29-2/h3-11,16,18H,12-14H2,1-2H3,(H,24,25,26). The predicted octanol–water partition coefficient (Wildman–Crippen LogP) is 2.75. The molecule has 0 saturated carbocycles. The summed E-state index contributed by atoms with van der Waals surface area (Å²) in [4.78, 5) is 17.8. The number of aromatic nitrogens is 3. The third kappa shape index (κ3) is 3.45. The van der Waals surface area contributed by atoms with E-state index in [0.717, 1.165) is 24.6 Å². The largest absolute Gasteiger partial charge is 0.486 e. The molecule has 2 aliphatic rings. The summed E-state index contributed by atoms with van der Waals surface area (Å²) in [7, 11) is 3.68. The highest BCUT2D eigenvalue weighted by atomic mass is 16.5. The van der Waals surface area contributed by atoms with E-state index >= 15 is 0 Å². The van der Waals surface area contributed by atoms with E-state index in [1.807, 2.05) is 30.3 Å². The van der Waals surface area contributed by atoms with Crippen molar-refractivity contribution in [3.8, 4) is 11.6 Å². The Balaban J connectivity index is 1.26. The van der Waals surface area contributed by atoms with Crippen LogP contribution in [0.5, 0.6) is 11.6 Å². The minimum atomic E-state index is 0.127. The van der Waals surface area contributed by atoms with Gasteiger partial charge in [0.1, 0.15) is 6.61 Å². The van der Waals surface area contributed by atoms with Crippen LogP contribution in [-0.4, -0.2) is 54.8 Å². The molecular formula is C22H24N6O2. The number of pyridine rings is 1. The zero-order valence-corrected chi connectivity index (χ0v) is 17.0. The maximum atomic E-state index is 5.94. The first kappa shape index (κ1) is 18.5. The average Bonchev–Trinajstić information content (AvgIpc) is 2.77. The van der Waals surface area contributed by atoms with E-state index in [0.29, 0.717) is 24.2 Å². The Hall–Kier alpha value is -3.55. The molecule has 8 nitrogen and oxygen atoms in total. The van der Waals surface area contributed by atoms with Gasteiger partial charge in [0.15, 0.2) is 11.6 Å². The second kappa shape index (κ2) is 7.70. The van der Waals surface area contributed by atoms with Crippen LogP contribution in [0.15, 0.2) is 54.9 Å². The van der Waals surface area contributed by atoms with Crippen molar-refractivity contribution in [2.24, 2.45) is 0 Å². The van der Waals surface area contributed by atoms with Crippen molar-refractivity contribution in [2.75, 3.05) is 49.0 Å². The van der Waals surface area contributed by atoms with Crippen molar-refractivity contribution in [2.45, 2.75) is 12.1 Å². The molecule has 2 aliphatic heterocycles. The molecule has 1 unspecified atom stereocenters. The van der Waals surface area contributed by atoms with Gasteiger partial charge in [-0.05, 0) is 11.6 Å². The Morgan fingerprint density at radius 3 is 2.77 bits per heavy atom. The van der Waals surface area contributed by atoms with Crippen molar-refractivity contribution in [1.82, 2.24) is 15.0 Å². The van der Waals surface area contributed by atoms with Gasteiger partial charge >= 0.3 is 0 Å². The lowest BCUT2D eigenvalue weighted by Gasteiger charge is -2.41. The first-order chi connectivity index (χ1) is 14.7. The third-order valence-corrected chi connectivity index (χ3v) is 5.63. The van der Waals surface area contributed by atoms with Gasteiger partial charge in [0, 0.05) is 38.1 Å². The minimum absolute atomic E-state index is 0.127. The molecule has 1 N–H and O–H groups in total. The molecule has 1 fully saturated rings. The predicted molar refractivity (Wildman–Crippen MR) is 116 cm³/mol. The van der Waals surface area contributed by atoms with Gasteiger partial charge in [-0.2, -0.15) is 4.98 Å². The maximum absolute atomic E-state index is 5.94. The highest BCUT2D eigenvalue weighted by molar-refractivity contribution is 5.58. The number of methoxy groups -OCH3 is 1. The van der Waals surface area contributed by atoms with Gasteiger partial charge in [0.25, 0.3) is 0 Å². The second-order valence-electron chi connectivity index (χ2n) is 7.53. The molecule has 0 radical (unpaired) electrons. The van der Waals surface area contributed by atoms with Gasteiger partial charge in [-0.25, -0.2) is 9.97 Å². The molecule has 154 valence electrons.